The highest BCUT2D eigenvalue weighted by Crippen LogP contribution is 2.32. The van der Waals surface area contributed by atoms with Crippen LogP contribution in [-0.4, -0.2) is 47.3 Å². The summed E-state index contributed by atoms with van der Waals surface area (Å²) < 4.78 is 4.41. The Hall–Kier alpha value is -2.03. The van der Waals surface area contributed by atoms with Crippen molar-refractivity contribution in [1.82, 2.24) is 23.6 Å². The molecule has 1 amide bonds. The van der Waals surface area contributed by atoms with Crippen LogP contribution in [0.3, 0.4) is 0 Å². The number of hydrogen-bond acceptors (Lipinski definition) is 5. The summed E-state index contributed by atoms with van der Waals surface area (Å²) in [4.78, 5) is 45.8. The van der Waals surface area contributed by atoms with Gasteiger partial charge in [-0.05, 0) is 39.5 Å². The summed E-state index contributed by atoms with van der Waals surface area (Å²) in [7, 11) is 3.12. The van der Waals surface area contributed by atoms with Crippen LogP contribution in [0.25, 0.3) is 11.2 Å². The summed E-state index contributed by atoms with van der Waals surface area (Å²) in [6.45, 7) is 3.99. The monoisotopic (exact) mass is 475 g/mol. The largest absolute Gasteiger partial charge is 0.336 e. The van der Waals surface area contributed by atoms with E-state index in [1.807, 2.05) is 18.4 Å². The maximum atomic E-state index is 13.6. The Bertz CT molecular complexity index is 1100. The Morgan fingerprint density at radius 2 is 1.52 bits per heavy atom. The van der Waals surface area contributed by atoms with E-state index in [-0.39, 0.29) is 17.5 Å². The van der Waals surface area contributed by atoms with Crippen LogP contribution in [0.1, 0.15) is 84.1 Å². The molecule has 9 heteroatoms. The summed E-state index contributed by atoms with van der Waals surface area (Å²) in [5.41, 5.74) is 0.0527. The molecule has 2 aromatic heterocycles. The van der Waals surface area contributed by atoms with Gasteiger partial charge in [-0.3, -0.25) is 18.7 Å². The third-order valence-corrected chi connectivity index (χ3v) is 8.26. The lowest BCUT2D eigenvalue weighted by atomic mass is 9.88. The van der Waals surface area contributed by atoms with Crippen LogP contribution in [0.15, 0.2) is 14.7 Å². The molecule has 2 saturated carbocycles. The fourth-order valence-electron chi connectivity index (χ4n) is 5.60. The number of thioether (sulfide) groups is 1. The molecule has 4 rings (SSSR count). The van der Waals surface area contributed by atoms with Gasteiger partial charge in [-0.15, -0.1) is 0 Å². The van der Waals surface area contributed by atoms with E-state index in [1.165, 1.54) is 61.9 Å². The number of aryl methyl sites for hydroxylation is 1. The zero-order valence-corrected chi connectivity index (χ0v) is 21.2. The predicted octanol–water partition coefficient (Wildman–Crippen LogP) is 3.60. The number of amides is 1. The molecule has 8 nitrogen and oxygen atoms in total. The number of nitrogens with zero attached hydrogens (tertiary/aromatic N) is 5. The van der Waals surface area contributed by atoms with Crippen molar-refractivity contribution in [1.29, 1.82) is 0 Å². The van der Waals surface area contributed by atoms with Crippen molar-refractivity contribution in [3.05, 3.63) is 20.8 Å². The minimum absolute atomic E-state index is 0.0226. The van der Waals surface area contributed by atoms with E-state index in [1.54, 1.807) is 7.05 Å². The second-order valence-corrected chi connectivity index (χ2v) is 10.9. The van der Waals surface area contributed by atoms with Gasteiger partial charge in [0.2, 0.25) is 5.91 Å². The van der Waals surface area contributed by atoms with E-state index in [0.717, 1.165) is 30.3 Å². The molecular formula is C24H37N5O3S. The first kappa shape index (κ1) is 24.1. The number of imidazole rings is 1. The first-order valence-electron chi connectivity index (χ1n) is 12.4. The highest BCUT2D eigenvalue weighted by molar-refractivity contribution is 7.99. The van der Waals surface area contributed by atoms with Gasteiger partial charge >= 0.3 is 5.69 Å². The number of aromatic nitrogens is 4. The van der Waals surface area contributed by atoms with Gasteiger partial charge in [0.15, 0.2) is 16.3 Å². The molecule has 0 radical (unpaired) electrons. The molecule has 2 aliphatic rings. The van der Waals surface area contributed by atoms with Gasteiger partial charge in [0.05, 0.1) is 5.75 Å². The summed E-state index contributed by atoms with van der Waals surface area (Å²) in [6, 6.07) is 0.685. The summed E-state index contributed by atoms with van der Waals surface area (Å²) in [6.07, 6.45) is 11.8. The zero-order valence-electron chi connectivity index (χ0n) is 20.4. The standard InChI is InChI=1S/C24H37N5O3S/c1-16(2)28-20-21(26(3)24(32)27(4)22(20)31)25-23(28)33-15-19(30)29(17-11-7-5-8-12-17)18-13-9-6-10-14-18/h16-18H,5-15H2,1-4H3. The molecule has 0 N–H and O–H groups in total. The highest BCUT2D eigenvalue weighted by Gasteiger charge is 2.32. The number of fused-ring (bicyclic) bond motifs is 1. The molecule has 0 bridgehead atoms. The lowest BCUT2D eigenvalue weighted by molar-refractivity contribution is -0.135. The van der Waals surface area contributed by atoms with Gasteiger partial charge in [0.25, 0.3) is 5.56 Å². The fraction of sp³-hybridized carbons (Fsp3) is 0.750. The van der Waals surface area contributed by atoms with E-state index < -0.39 is 5.69 Å². The summed E-state index contributed by atoms with van der Waals surface area (Å²) in [5.74, 6) is 0.486. The van der Waals surface area contributed by atoms with E-state index in [4.69, 9.17) is 0 Å². The lowest BCUT2D eigenvalue weighted by Crippen LogP contribution is -2.49. The average Bonchev–Trinajstić information content (AvgIpc) is 3.22. The van der Waals surface area contributed by atoms with Crippen molar-refractivity contribution in [3.63, 3.8) is 0 Å². The molecule has 0 spiro atoms. The summed E-state index contributed by atoms with van der Waals surface area (Å²) in [5, 5.41) is 0.624. The summed E-state index contributed by atoms with van der Waals surface area (Å²) >= 11 is 1.39. The maximum Gasteiger partial charge on any atom is 0.332 e. The van der Waals surface area contributed by atoms with E-state index in [0.29, 0.717) is 34.2 Å². The highest BCUT2D eigenvalue weighted by atomic mass is 32.2. The van der Waals surface area contributed by atoms with Crippen molar-refractivity contribution < 1.29 is 4.79 Å². The van der Waals surface area contributed by atoms with E-state index in [2.05, 4.69) is 9.88 Å². The molecule has 0 saturated heterocycles. The van der Waals surface area contributed by atoms with Crippen molar-refractivity contribution in [2.24, 2.45) is 14.1 Å². The number of hydrogen-bond donors (Lipinski definition) is 0. The third-order valence-electron chi connectivity index (χ3n) is 7.32. The minimum Gasteiger partial charge on any atom is -0.336 e. The topological polar surface area (TPSA) is 82.1 Å². The maximum absolute atomic E-state index is 13.6. The molecule has 0 aromatic carbocycles. The number of carbonyl (C=O) groups excluding carboxylic acids is 1. The van der Waals surface area contributed by atoms with Crippen LogP contribution in [0.2, 0.25) is 0 Å². The van der Waals surface area contributed by atoms with Crippen LogP contribution in [0.5, 0.6) is 0 Å². The van der Waals surface area contributed by atoms with Gasteiger partial charge in [0, 0.05) is 32.2 Å². The molecule has 2 aromatic rings. The van der Waals surface area contributed by atoms with Gasteiger partial charge in [0.1, 0.15) is 0 Å². The average molecular weight is 476 g/mol. The second kappa shape index (κ2) is 10.1. The Kier molecular flexibility index (Phi) is 7.36. The van der Waals surface area contributed by atoms with E-state index >= 15 is 0 Å². The van der Waals surface area contributed by atoms with Crippen molar-refractivity contribution in [2.45, 2.75) is 101 Å². The van der Waals surface area contributed by atoms with Crippen LogP contribution < -0.4 is 11.2 Å². The normalized spacial score (nSPS) is 18.3. The lowest BCUT2D eigenvalue weighted by Gasteiger charge is -2.41. The SMILES string of the molecule is CC(C)n1c(SCC(=O)N(C2CCCCC2)C2CCCCC2)nc2c1c(=O)n(C)c(=O)n2C. The number of rotatable bonds is 6. The molecule has 0 unspecified atom stereocenters. The molecule has 2 heterocycles. The number of carbonyl (C=O) groups is 1. The molecular weight excluding hydrogens is 438 g/mol. The molecule has 33 heavy (non-hydrogen) atoms. The fourth-order valence-corrected chi connectivity index (χ4v) is 6.59. The van der Waals surface area contributed by atoms with Gasteiger partial charge in [-0.25, -0.2) is 9.78 Å². The molecule has 0 atom stereocenters. The molecule has 2 fully saturated rings. The van der Waals surface area contributed by atoms with Gasteiger partial charge < -0.3 is 9.47 Å². The zero-order chi connectivity index (χ0) is 23.7. The Morgan fingerprint density at radius 3 is 2.03 bits per heavy atom. The third kappa shape index (κ3) is 4.66. The first-order chi connectivity index (χ1) is 15.8. The van der Waals surface area contributed by atoms with Crippen molar-refractivity contribution in [2.75, 3.05) is 5.75 Å². The van der Waals surface area contributed by atoms with Crippen LogP contribution in [0.4, 0.5) is 0 Å². The predicted molar refractivity (Wildman–Crippen MR) is 132 cm³/mol. The van der Waals surface area contributed by atoms with E-state index in [9.17, 15) is 14.4 Å². The van der Waals surface area contributed by atoms with Crippen LogP contribution in [-0.2, 0) is 18.9 Å². The molecule has 2 aliphatic carbocycles. The van der Waals surface area contributed by atoms with Gasteiger partial charge in [-0.1, -0.05) is 50.3 Å². The smallest absolute Gasteiger partial charge is 0.332 e. The van der Waals surface area contributed by atoms with Crippen LogP contribution in [0, 0.1) is 0 Å². The quantitative estimate of drug-likeness (QED) is 0.596. The Labute approximate surface area is 199 Å². The first-order valence-corrected chi connectivity index (χ1v) is 13.4. The molecule has 0 aliphatic heterocycles. The van der Waals surface area contributed by atoms with Crippen molar-refractivity contribution >= 4 is 28.8 Å². The van der Waals surface area contributed by atoms with Crippen LogP contribution >= 0.6 is 11.8 Å². The van der Waals surface area contributed by atoms with Crippen molar-refractivity contribution in [3.8, 4) is 0 Å². The molecule has 182 valence electrons. The van der Waals surface area contributed by atoms with Gasteiger partial charge in [-0.2, -0.15) is 0 Å². The minimum atomic E-state index is -0.394. The second-order valence-electron chi connectivity index (χ2n) is 9.91. The Balaban J connectivity index is 1.63. The Morgan fingerprint density at radius 1 is 0.970 bits per heavy atom.